The average molecular weight is 172 g/mol. The van der Waals surface area contributed by atoms with Crippen LogP contribution >= 0.6 is 0 Å². The maximum atomic E-state index is 11.2. The summed E-state index contributed by atoms with van der Waals surface area (Å²) in [5, 5.41) is 2.80. The lowest BCUT2D eigenvalue weighted by molar-refractivity contribution is 0.139. The zero-order chi connectivity index (χ0) is 9.19. The second-order valence-electron chi connectivity index (χ2n) is 3.25. The van der Waals surface area contributed by atoms with Crippen LogP contribution in [0.3, 0.4) is 0 Å². The Morgan fingerprint density at radius 1 is 1.75 bits per heavy atom. The van der Waals surface area contributed by atoms with Gasteiger partial charge in [-0.15, -0.1) is 0 Å². The van der Waals surface area contributed by atoms with Crippen molar-refractivity contribution in [1.29, 1.82) is 5.53 Å². The van der Waals surface area contributed by atoms with Gasteiger partial charge in [-0.2, -0.15) is 5.53 Å². The minimum absolute atomic E-state index is 0.258. The predicted octanol–water partition coefficient (Wildman–Crippen LogP) is 0.710. The summed E-state index contributed by atoms with van der Waals surface area (Å²) in [5.41, 5.74) is 8.18. The first-order valence-corrected chi connectivity index (χ1v) is 3.60. The van der Waals surface area contributed by atoms with Gasteiger partial charge in [0.05, 0.1) is 12.1 Å². The van der Waals surface area contributed by atoms with E-state index in [-0.39, 0.29) is 12.3 Å². The lowest BCUT2D eigenvalue weighted by atomic mass is 10.1. The van der Waals surface area contributed by atoms with Crippen LogP contribution in [-0.4, -0.2) is 29.8 Å². The van der Waals surface area contributed by atoms with Crippen LogP contribution in [0.2, 0.25) is 0 Å². The standard InChI is InChI=1S/C6H12N4O2/c1-6(2)3-12-4-10(6)5(11)8-9-7/h3-4H2,1-2H3,(H2,7,8,11). The first-order valence-electron chi connectivity index (χ1n) is 3.60. The minimum atomic E-state index is -0.396. The second kappa shape index (κ2) is 3.06. The molecule has 0 unspecified atom stereocenters. The number of nitrogens with one attached hydrogen (secondary N) is 2. The Hall–Kier alpha value is -1.17. The molecule has 0 aromatic rings. The van der Waals surface area contributed by atoms with E-state index < -0.39 is 6.03 Å². The summed E-state index contributed by atoms with van der Waals surface area (Å²) in [4.78, 5) is 12.7. The van der Waals surface area contributed by atoms with Gasteiger partial charge in [0.2, 0.25) is 0 Å². The number of amides is 2. The zero-order valence-corrected chi connectivity index (χ0v) is 7.13. The van der Waals surface area contributed by atoms with Crippen LogP contribution in [0.4, 0.5) is 4.79 Å². The summed E-state index contributed by atoms with van der Waals surface area (Å²) in [6, 6.07) is -0.396. The van der Waals surface area contributed by atoms with Crippen molar-refractivity contribution in [3.05, 3.63) is 0 Å². The molecule has 0 atom stereocenters. The van der Waals surface area contributed by atoms with Gasteiger partial charge in [-0.05, 0) is 13.8 Å². The van der Waals surface area contributed by atoms with Crippen molar-refractivity contribution in [2.45, 2.75) is 19.4 Å². The molecule has 1 fully saturated rings. The van der Waals surface area contributed by atoms with Crippen molar-refractivity contribution in [1.82, 2.24) is 10.3 Å². The van der Waals surface area contributed by atoms with Gasteiger partial charge in [-0.3, -0.25) is 4.90 Å². The third kappa shape index (κ3) is 1.53. The van der Waals surface area contributed by atoms with E-state index in [1.165, 1.54) is 4.90 Å². The number of hydrogen-bond acceptors (Lipinski definition) is 4. The number of ether oxygens (including phenoxy) is 1. The molecule has 0 spiro atoms. The van der Waals surface area contributed by atoms with Gasteiger partial charge < -0.3 is 4.74 Å². The molecule has 0 aromatic heterocycles. The molecule has 68 valence electrons. The van der Waals surface area contributed by atoms with Crippen molar-refractivity contribution in [3.8, 4) is 0 Å². The first-order chi connectivity index (χ1) is 5.58. The highest BCUT2D eigenvalue weighted by molar-refractivity contribution is 5.74. The predicted molar refractivity (Wildman–Crippen MR) is 40.4 cm³/mol. The Morgan fingerprint density at radius 3 is 2.83 bits per heavy atom. The molecule has 0 aromatic carbocycles. The maximum absolute atomic E-state index is 11.2. The van der Waals surface area contributed by atoms with Crippen LogP contribution in [0.5, 0.6) is 0 Å². The molecule has 1 aliphatic heterocycles. The zero-order valence-electron chi connectivity index (χ0n) is 7.13. The van der Waals surface area contributed by atoms with E-state index in [0.29, 0.717) is 6.61 Å². The molecule has 12 heavy (non-hydrogen) atoms. The van der Waals surface area contributed by atoms with Gasteiger partial charge in [-0.1, -0.05) is 5.22 Å². The second-order valence-corrected chi connectivity index (χ2v) is 3.25. The van der Waals surface area contributed by atoms with E-state index in [9.17, 15) is 4.79 Å². The lowest BCUT2D eigenvalue weighted by Crippen LogP contribution is -2.47. The number of hydrogen-bond donors (Lipinski definition) is 2. The van der Waals surface area contributed by atoms with Gasteiger partial charge in [0.25, 0.3) is 0 Å². The molecule has 0 aliphatic carbocycles. The fourth-order valence-electron chi connectivity index (χ4n) is 1.08. The van der Waals surface area contributed by atoms with Gasteiger partial charge in [0.15, 0.2) is 0 Å². The minimum Gasteiger partial charge on any atom is -0.359 e. The first kappa shape index (κ1) is 8.92. The van der Waals surface area contributed by atoms with E-state index in [2.05, 4.69) is 5.22 Å². The number of carbonyl (C=O) groups excluding carboxylic acids is 1. The van der Waals surface area contributed by atoms with Crippen LogP contribution in [0.15, 0.2) is 5.22 Å². The molecular formula is C6H12N4O2. The molecule has 6 nitrogen and oxygen atoms in total. The fraction of sp³-hybridized carbons (Fsp3) is 0.833. The highest BCUT2D eigenvalue weighted by Gasteiger charge is 2.36. The van der Waals surface area contributed by atoms with E-state index in [0.717, 1.165) is 0 Å². The van der Waals surface area contributed by atoms with Gasteiger partial charge in [0.1, 0.15) is 6.73 Å². The Kier molecular flexibility index (Phi) is 2.27. The van der Waals surface area contributed by atoms with Crippen molar-refractivity contribution in [2.75, 3.05) is 13.3 Å². The summed E-state index contributed by atoms with van der Waals surface area (Å²) in [7, 11) is 0. The molecule has 1 aliphatic rings. The highest BCUT2D eigenvalue weighted by Crippen LogP contribution is 2.20. The number of rotatable bonds is 1. The van der Waals surface area contributed by atoms with Crippen LogP contribution < -0.4 is 5.43 Å². The van der Waals surface area contributed by atoms with Crippen LogP contribution in [0, 0.1) is 5.53 Å². The third-order valence-corrected chi connectivity index (χ3v) is 1.80. The molecule has 0 saturated carbocycles. The van der Waals surface area contributed by atoms with E-state index in [1.54, 1.807) is 0 Å². The summed E-state index contributed by atoms with van der Waals surface area (Å²) in [5.74, 6) is 0. The molecular weight excluding hydrogens is 160 g/mol. The largest absolute Gasteiger partial charge is 0.359 e. The van der Waals surface area contributed by atoms with Crippen molar-refractivity contribution in [3.63, 3.8) is 0 Å². The Balaban J connectivity index is 2.62. The summed E-state index contributed by atoms with van der Waals surface area (Å²) >= 11 is 0. The Morgan fingerprint density at radius 2 is 2.42 bits per heavy atom. The summed E-state index contributed by atoms with van der Waals surface area (Å²) in [6.45, 7) is 4.56. The molecule has 0 radical (unpaired) electrons. The number of nitrogens with zero attached hydrogens (tertiary/aromatic N) is 2. The maximum Gasteiger partial charge on any atom is 0.341 e. The smallest absolute Gasteiger partial charge is 0.341 e. The van der Waals surface area contributed by atoms with Gasteiger partial charge >= 0.3 is 6.03 Å². The van der Waals surface area contributed by atoms with Crippen LogP contribution in [0.1, 0.15) is 13.8 Å². The van der Waals surface area contributed by atoms with Crippen molar-refractivity contribution >= 4 is 6.03 Å². The van der Waals surface area contributed by atoms with E-state index in [1.807, 2.05) is 19.3 Å². The van der Waals surface area contributed by atoms with E-state index in [4.69, 9.17) is 10.3 Å². The summed E-state index contributed by atoms with van der Waals surface area (Å²) < 4.78 is 5.10. The lowest BCUT2D eigenvalue weighted by Gasteiger charge is -2.27. The van der Waals surface area contributed by atoms with Crippen molar-refractivity contribution < 1.29 is 9.53 Å². The Labute approximate surface area is 70.3 Å². The van der Waals surface area contributed by atoms with Crippen molar-refractivity contribution in [2.24, 2.45) is 5.22 Å². The molecule has 1 rings (SSSR count). The van der Waals surface area contributed by atoms with Crippen LogP contribution in [-0.2, 0) is 4.74 Å². The van der Waals surface area contributed by atoms with E-state index >= 15 is 0 Å². The number of carbonyl (C=O) groups is 1. The quantitative estimate of drug-likeness (QED) is 0.451. The molecule has 1 saturated heterocycles. The SMILES string of the molecule is CC1(C)COCN1C(=O)NN=N. The molecule has 0 bridgehead atoms. The van der Waals surface area contributed by atoms with Gasteiger partial charge in [0, 0.05) is 0 Å². The molecule has 1 heterocycles. The number of urea groups is 1. The normalized spacial score (nSPS) is 20.7. The molecule has 2 N–H and O–H groups in total. The molecule has 2 amide bonds. The topological polar surface area (TPSA) is 77.8 Å². The third-order valence-electron chi connectivity index (χ3n) is 1.80. The van der Waals surface area contributed by atoms with Gasteiger partial charge in [-0.25, -0.2) is 10.2 Å². The highest BCUT2D eigenvalue weighted by atomic mass is 16.5. The van der Waals surface area contributed by atoms with Crippen LogP contribution in [0.25, 0.3) is 0 Å². The molecule has 6 heteroatoms. The monoisotopic (exact) mass is 172 g/mol. The fourth-order valence-corrected chi connectivity index (χ4v) is 1.08. The summed E-state index contributed by atoms with van der Waals surface area (Å²) in [6.07, 6.45) is 0. The average Bonchev–Trinajstić information content (AvgIpc) is 2.30. The Bertz CT molecular complexity index is 204.